The van der Waals surface area contributed by atoms with E-state index < -0.39 is 10.8 Å². The van der Waals surface area contributed by atoms with Crippen molar-refractivity contribution in [2.75, 3.05) is 22.8 Å². The summed E-state index contributed by atoms with van der Waals surface area (Å²) >= 11 is 1.09. The minimum absolute atomic E-state index is 0.0610. The van der Waals surface area contributed by atoms with Gasteiger partial charge in [-0.2, -0.15) is 0 Å². The lowest BCUT2D eigenvalue weighted by atomic mass is 10.1. The summed E-state index contributed by atoms with van der Waals surface area (Å²) < 4.78 is 10.8. The van der Waals surface area contributed by atoms with Crippen molar-refractivity contribution < 1.29 is 24.0 Å². The van der Waals surface area contributed by atoms with Gasteiger partial charge in [0.2, 0.25) is 12.7 Å². The number of non-ortho nitro benzene ring substituents is 1. The molecular formula is C26H20N4O6S. The molecule has 1 N–H and O–H groups in total. The molecule has 5 rings (SSSR count). The number of carbonyl (C=O) groups excluding carboxylic acids is 2. The molecule has 3 aromatic carbocycles. The maximum atomic E-state index is 13.4. The largest absolute Gasteiger partial charge is 0.454 e. The molecule has 0 saturated heterocycles. The molecule has 0 aliphatic carbocycles. The molecule has 37 heavy (non-hydrogen) atoms. The van der Waals surface area contributed by atoms with Crippen LogP contribution >= 0.6 is 11.8 Å². The van der Waals surface area contributed by atoms with E-state index in [-0.39, 0.29) is 29.8 Å². The summed E-state index contributed by atoms with van der Waals surface area (Å²) in [7, 11) is 0. The van der Waals surface area contributed by atoms with Crippen molar-refractivity contribution >= 4 is 51.9 Å². The van der Waals surface area contributed by atoms with E-state index in [0.29, 0.717) is 28.0 Å². The fraction of sp³-hybridized carbons (Fsp3) is 0.115. The number of nitro groups is 1. The molecule has 0 atom stereocenters. The van der Waals surface area contributed by atoms with Gasteiger partial charge in [0.25, 0.3) is 11.6 Å². The Morgan fingerprint density at radius 3 is 2.70 bits per heavy atom. The molecule has 0 spiro atoms. The van der Waals surface area contributed by atoms with E-state index in [2.05, 4.69) is 10.3 Å². The van der Waals surface area contributed by atoms with Crippen LogP contribution < -0.4 is 19.7 Å². The Hall–Kier alpha value is -4.64. The first-order valence-corrected chi connectivity index (χ1v) is 12.1. The average molecular weight is 517 g/mol. The van der Waals surface area contributed by atoms with Crippen molar-refractivity contribution in [3.05, 3.63) is 93.7 Å². The summed E-state index contributed by atoms with van der Waals surface area (Å²) in [6.45, 7) is 2.09. The van der Waals surface area contributed by atoms with Gasteiger partial charge in [-0.15, -0.1) is 0 Å². The number of anilines is 2. The third kappa shape index (κ3) is 5.31. The molecule has 0 fully saturated rings. The molecule has 0 unspecified atom stereocenters. The number of aryl methyl sites for hydroxylation is 1. The van der Waals surface area contributed by atoms with Crippen molar-refractivity contribution in [3.63, 3.8) is 0 Å². The van der Waals surface area contributed by atoms with Crippen LogP contribution in [0.15, 0.2) is 77.4 Å². The number of hydrogen-bond acceptors (Lipinski definition) is 8. The number of ether oxygens (including phenoxy) is 2. The zero-order chi connectivity index (χ0) is 25.9. The average Bonchev–Trinajstić information content (AvgIpc) is 3.47. The number of nitro benzene ring substituents is 1. The van der Waals surface area contributed by atoms with Crippen LogP contribution in [0.3, 0.4) is 0 Å². The SMILES string of the molecule is Cc1ccc(N2C(=O)/C(=C/c3ccc4c(c3)OCO4)N=C2SCC(=O)Nc2cccc([N+](=O)[O-])c2)cc1. The second-order valence-electron chi connectivity index (χ2n) is 8.16. The van der Waals surface area contributed by atoms with Crippen molar-refractivity contribution in [2.45, 2.75) is 6.92 Å². The molecule has 2 amide bonds. The fourth-order valence-electron chi connectivity index (χ4n) is 3.70. The van der Waals surface area contributed by atoms with Gasteiger partial charge in [0, 0.05) is 17.8 Å². The Bertz CT molecular complexity index is 1470. The number of thioether (sulfide) groups is 1. The minimum Gasteiger partial charge on any atom is -0.454 e. The zero-order valence-corrected chi connectivity index (χ0v) is 20.4. The molecule has 0 bridgehead atoms. The Labute approximate surface area is 215 Å². The number of nitrogens with one attached hydrogen (secondary N) is 1. The van der Waals surface area contributed by atoms with Crippen molar-refractivity contribution in [1.29, 1.82) is 0 Å². The number of fused-ring (bicyclic) bond motifs is 1. The smallest absolute Gasteiger partial charge is 0.283 e. The molecule has 3 aromatic rings. The van der Waals surface area contributed by atoms with E-state index in [1.54, 1.807) is 30.3 Å². The van der Waals surface area contributed by atoms with E-state index in [0.717, 1.165) is 22.9 Å². The topological polar surface area (TPSA) is 123 Å². The highest BCUT2D eigenvalue weighted by molar-refractivity contribution is 8.14. The summed E-state index contributed by atoms with van der Waals surface area (Å²) in [6, 6.07) is 18.4. The van der Waals surface area contributed by atoms with Crippen LogP contribution in [0, 0.1) is 17.0 Å². The van der Waals surface area contributed by atoms with Crippen molar-refractivity contribution in [1.82, 2.24) is 0 Å². The van der Waals surface area contributed by atoms with Crippen LogP contribution in [0.2, 0.25) is 0 Å². The molecule has 0 aromatic heterocycles. The summed E-state index contributed by atoms with van der Waals surface area (Å²) in [5.41, 5.74) is 2.77. The highest BCUT2D eigenvalue weighted by atomic mass is 32.2. The Kier molecular flexibility index (Phi) is 6.60. The van der Waals surface area contributed by atoms with Gasteiger partial charge in [0.15, 0.2) is 16.7 Å². The van der Waals surface area contributed by atoms with Gasteiger partial charge in [-0.3, -0.25) is 24.6 Å². The fourth-order valence-corrected chi connectivity index (χ4v) is 4.51. The van der Waals surface area contributed by atoms with Crippen LogP contribution in [-0.2, 0) is 9.59 Å². The van der Waals surface area contributed by atoms with Crippen LogP contribution in [0.5, 0.6) is 11.5 Å². The maximum Gasteiger partial charge on any atom is 0.283 e. The standard InChI is InChI=1S/C26H20N4O6S/c1-16-5-8-19(9-6-16)29-25(32)21(11-17-7-10-22-23(12-17)36-15-35-22)28-26(29)37-14-24(31)27-18-3-2-4-20(13-18)30(33)34/h2-13H,14-15H2,1H3,(H,27,31)/b21-11-. The van der Waals surface area contributed by atoms with E-state index in [9.17, 15) is 19.7 Å². The van der Waals surface area contributed by atoms with E-state index in [1.165, 1.54) is 23.1 Å². The molecule has 2 aliphatic rings. The highest BCUT2D eigenvalue weighted by Gasteiger charge is 2.32. The number of amidine groups is 1. The van der Waals surface area contributed by atoms with Crippen LogP contribution in [0.25, 0.3) is 6.08 Å². The van der Waals surface area contributed by atoms with Gasteiger partial charge in [0.05, 0.1) is 16.4 Å². The molecular weight excluding hydrogens is 496 g/mol. The van der Waals surface area contributed by atoms with E-state index in [1.807, 2.05) is 31.2 Å². The molecule has 2 aliphatic heterocycles. The number of amides is 2. The minimum atomic E-state index is -0.531. The number of carbonyl (C=O) groups is 2. The predicted octanol–water partition coefficient (Wildman–Crippen LogP) is 4.75. The summed E-state index contributed by atoms with van der Waals surface area (Å²) in [6.07, 6.45) is 1.65. The Balaban J connectivity index is 1.37. The Morgan fingerprint density at radius 1 is 1.14 bits per heavy atom. The lowest BCUT2D eigenvalue weighted by Crippen LogP contribution is -2.31. The van der Waals surface area contributed by atoms with Gasteiger partial charge in [0.1, 0.15) is 5.70 Å². The summed E-state index contributed by atoms with van der Waals surface area (Å²) in [4.78, 5) is 42.4. The van der Waals surface area contributed by atoms with Gasteiger partial charge in [-0.25, -0.2) is 4.99 Å². The molecule has 0 radical (unpaired) electrons. The van der Waals surface area contributed by atoms with E-state index >= 15 is 0 Å². The van der Waals surface area contributed by atoms with Crippen LogP contribution in [-0.4, -0.2) is 34.5 Å². The number of hydrogen-bond donors (Lipinski definition) is 1. The molecule has 0 saturated carbocycles. The third-order valence-corrected chi connectivity index (χ3v) is 6.43. The maximum absolute atomic E-state index is 13.4. The second kappa shape index (κ2) is 10.2. The van der Waals surface area contributed by atoms with Crippen LogP contribution in [0.1, 0.15) is 11.1 Å². The first kappa shape index (κ1) is 24.1. The third-order valence-electron chi connectivity index (χ3n) is 5.49. The van der Waals surface area contributed by atoms with Crippen LogP contribution in [0.4, 0.5) is 17.1 Å². The summed E-state index contributed by atoms with van der Waals surface area (Å²) in [5, 5.41) is 14.0. The number of aliphatic imine (C=N–C) groups is 1. The first-order valence-electron chi connectivity index (χ1n) is 11.2. The second-order valence-corrected chi connectivity index (χ2v) is 9.10. The zero-order valence-electron chi connectivity index (χ0n) is 19.5. The van der Waals surface area contributed by atoms with Gasteiger partial charge in [-0.1, -0.05) is 41.6 Å². The lowest BCUT2D eigenvalue weighted by Gasteiger charge is -2.18. The first-order chi connectivity index (χ1) is 17.9. The monoisotopic (exact) mass is 516 g/mol. The van der Waals surface area contributed by atoms with Crippen molar-refractivity contribution in [2.24, 2.45) is 4.99 Å². The van der Waals surface area contributed by atoms with Crippen molar-refractivity contribution in [3.8, 4) is 11.5 Å². The number of rotatable bonds is 6. The number of benzene rings is 3. The van der Waals surface area contributed by atoms with Gasteiger partial charge >= 0.3 is 0 Å². The lowest BCUT2D eigenvalue weighted by molar-refractivity contribution is -0.384. The number of nitrogens with zero attached hydrogens (tertiary/aromatic N) is 3. The van der Waals surface area contributed by atoms with E-state index in [4.69, 9.17) is 9.47 Å². The normalized spacial score (nSPS) is 15.2. The molecule has 11 heteroatoms. The predicted molar refractivity (Wildman–Crippen MR) is 141 cm³/mol. The molecule has 2 heterocycles. The van der Waals surface area contributed by atoms with Gasteiger partial charge in [-0.05, 0) is 48.9 Å². The Morgan fingerprint density at radius 2 is 1.92 bits per heavy atom. The summed E-state index contributed by atoms with van der Waals surface area (Å²) in [5.74, 6) is 0.442. The highest BCUT2D eigenvalue weighted by Crippen LogP contribution is 2.34. The molecule has 186 valence electrons. The quantitative estimate of drug-likeness (QED) is 0.285. The van der Waals surface area contributed by atoms with Gasteiger partial charge < -0.3 is 14.8 Å². The molecule has 10 nitrogen and oxygen atoms in total.